The Hall–Kier alpha value is -2.43. The topological polar surface area (TPSA) is 60.5 Å². The molecule has 0 aliphatic rings. The summed E-state index contributed by atoms with van der Waals surface area (Å²) in [5.41, 5.74) is 7.96. The van der Waals surface area contributed by atoms with E-state index in [0.717, 1.165) is 11.3 Å². The Labute approximate surface area is 124 Å². The Balaban J connectivity index is 2.19. The lowest BCUT2D eigenvalue weighted by molar-refractivity contribution is 0.0773. The van der Waals surface area contributed by atoms with Crippen LogP contribution in [-0.2, 0) is 13.1 Å². The number of benzene rings is 1. The molecule has 1 amide bonds. The molecule has 1 heterocycles. The molecule has 0 aliphatic carbocycles. The standard InChI is InChI=1S/C16H21N3O2/c1-4-19-11-13(17)9-14(19)16(20)18(2)10-12-7-5-6-8-15(12)21-3/h5-9,11H,4,10,17H2,1-3H3. The minimum Gasteiger partial charge on any atom is -0.496 e. The van der Waals surface area contributed by atoms with Crippen LogP contribution in [-0.4, -0.2) is 29.5 Å². The van der Waals surface area contributed by atoms with Crippen LogP contribution >= 0.6 is 0 Å². The monoisotopic (exact) mass is 287 g/mol. The third-order valence-electron chi connectivity index (χ3n) is 3.42. The number of aryl methyl sites for hydroxylation is 1. The number of para-hydroxylation sites is 1. The van der Waals surface area contributed by atoms with Crippen molar-refractivity contribution in [3.8, 4) is 5.75 Å². The van der Waals surface area contributed by atoms with Gasteiger partial charge in [0, 0.05) is 31.9 Å². The number of carbonyl (C=O) groups excluding carboxylic acids is 1. The number of aromatic nitrogens is 1. The molecule has 1 aromatic heterocycles. The van der Waals surface area contributed by atoms with Crippen molar-refractivity contribution in [2.45, 2.75) is 20.0 Å². The fourth-order valence-electron chi connectivity index (χ4n) is 2.33. The minimum atomic E-state index is -0.0561. The third-order valence-corrected chi connectivity index (χ3v) is 3.42. The van der Waals surface area contributed by atoms with Crippen molar-refractivity contribution in [1.82, 2.24) is 9.47 Å². The number of anilines is 1. The summed E-state index contributed by atoms with van der Waals surface area (Å²) >= 11 is 0. The van der Waals surface area contributed by atoms with Crippen molar-refractivity contribution in [3.63, 3.8) is 0 Å². The Morgan fingerprint density at radius 1 is 1.38 bits per heavy atom. The number of nitrogens with zero attached hydrogens (tertiary/aromatic N) is 2. The largest absolute Gasteiger partial charge is 0.496 e. The van der Waals surface area contributed by atoms with Crippen molar-refractivity contribution in [1.29, 1.82) is 0 Å². The summed E-state index contributed by atoms with van der Waals surface area (Å²) in [6, 6.07) is 9.40. The second kappa shape index (κ2) is 6.35. The van der Waals surface area contributed by atoms with Crippen LogP contribution in [0.3, 0.4) is 0 Å². The fraction of sp³-hybridized carbons (Fsp3) is 0.312. The average molecular weight is 287 g/mol. The molecule has 0 fully saturated rings. The van der Waals surface area contributed by atoms with Crippen molar-refractivity contribution < 1.29 is 9.53 Å². The molecule has 0 spiro atoms. The molecule has 0 bridgehead atoms. The number of nitrogen functional groups attached to an aromatic ring is 1. The lowest BCUT2D eigenvalue weighted by Gasteiger charge is -2.19. The molecule has 5 nitrogen and oxygen atoms in total. The normalized spacial score (nSPS) is 10.4. The highest BCUT2D eigenvalue weighted by atomic mass is 16.5. The Morgan fingerprint density at radius 2 is 2.10 bits per heavy atom. The fourth-order valence-corrected chi connectivity index (χ4v) is 2.33. The van der Waals surface area contributed by atoms with Gasteiger partial charge < -0.3 is 19.9 Å². The van der Waals surface area contributed by atoms with Crippen LogP contribution in [0.25, 0.3) is 0 Å². The van der Waals surface area contributed by atoms with Crippen LogP contribution in [0.5, 0.6) is 5.75 Å². The van der Waals surface area contributed by atoms with Crippen LogP contribution in [0.1, 0.15) is 23.0 Å². The van der Waals surface area contributed by atoms with E-state index in [-0.39, 0.29) is 5.91 Å². The zero-order valence-corrected chi connectivity index (χ0v) is 12.7. The molecule has 2 N–H and O–H groups in total. The summed E-state index contributed by atoms with van der Waals surface area (Å²) in [5.74, 6) is 0.724. The van der Waals surface area contributed by atoms with E-state index in [2.05, 4.69) is 0 Å². The van der Waals surface area contributed by atoms with E-state index in [1.54, 1.807) is 31.3 Å². The van der Waals surface area contributed by atoms with Gasteiger partial charge in [0.25, 0.3) is 5.91 Å². The molecule has 0 aliphatic heterocycles. The van der Waals surface area contributed by atoms with Gasteiger partial charge in [-0.25, -0.2) is 0 Å². The predicted octanol–water partition coefficient (Wildman–Crippen LogP) is 2.37. The van der Waals surface area contributed by atoms with Crippen LogP contribution in [0.4, 0.5) is 5.69 Å². The number of ether oxygens (including phenoxy) is 1. The zero-order chi connectivity index (χ0) is 15.4. The first kappa shape index (κ1) is 15.0. The number of nitrogens with two attached hydrogens (primary N) is 1. The minimum absolute atomic E-state index is 0.0561. The van der Waals surface area contributed by atoms with Crippen LogP contribution in [0.2, 0.25) is 0 Å². The molecule has 112 valence electrons. The highest BCUT2D eigenvalue weighted by molar-refractivity contribution is 5.93. The summed E-state index contributed by atoms with van der Waals surface area (Å²) in [7, 11) is 3.40. The Morgan fingerprint density at radius 3 is 2.76 bits per heavy atom. The first-order chi connectivity index (χ1) is 10.1. The van der Waals surface area contributed by atoms with Gasteiger partial charge in [-0.05, 0) is 19.1 Å². The van der Waals surface area contributed by atoms with E-state index in [1.165, 1.54) is 0 Å². The third kappa shape index (κ3) is 3.18. The van der Waals surface area contributed by atoms with Crippen LogP contribution < -0.4 is 10.5 Å². The van der Waals surface area contributed by atoms with E-state index < -0.39 is 0 Å². The van der Waals surface area contributed by atoms with Gasteiger partial charge in [0.15, 0.2) is 0 Å². The molecule has 1 aromatic carbocycles. The first-order valence-corrected chi connectivity index (χ1v) is 6.89. The average Bonchev–Trinajstić information content (AvgIpc) is 2.88. The lowest BCUT2D eigenvalue weighted by atomic mass is 10.2. The molecule has 0 unspecified atom stereocenters. The lowest BCUT2D eigenvalue weighted by Crippen LogP contribution is -2.28. The summed E-state index contributed by atoms with van der Waals surface area (Å²) in [4.78, 5) is 14.2. The second-order valence-corrected chi connectivity index (χ2v) is 4.92. The smallest absolute Gasteiger partial charge is 0.270 e. The second-order valence-electron chi connectivity index (χ2n) is 4.92. The van der Waals surface area contributed by atoms with Gasteiger partial charge in [-0.3, -0.25) is 4.79 Å². The summed E-state index contributed by atoms with van der Waals surface area (Å²) < 4.78 is 7.18. The maximum Gasteiger partial charge on any atom is 0.270 e. The van der Waals surface area contributed by atoms with Gasteiger partial charge in [-0.15, -0.1) is 0 Å². The van der Waals surface area contributed by atoms with Gasteiger partial charge in [-0.2, -0.15) is 0 Å². The van der Waals surface area contributed by atoms with E-state index in [9.17, 15) is 4.79 Å². The van der Waals surface area contributed by atoms with Crippen molar-refractivity contribution >= 4 is 11.6 Å². The quantitative estimate of drug-likeness (QED) is 0.918. The van der Waals surface area contributed by atoms with Gasteiger partial charge in [0.2, 0.25) is 0 Å². The molecule has 0 radical (unpaired) electrons. The molecule has 2 aromatic rings. The molecule has 21 heavy (non-hydrogen) atoms. The predicted molar refractivity (Wildman–Crippen MR) is 83.3 cm³/mol. The molecular weight excluding hydrogens is 266 g/mol. The number of hydrogen-bond donors (Lipinski definition) is 1. The van der Waals surface area contributed by atoms with Crippen LogP contribution in [0.15, 0.2) is 36.5 Å². The van der Waals surface area contributed by atoms with Gasteiger partial charge >= 0.3 is 0 Å². The molecule has 5 heteroatoms. The maximum absolute atomic E-state index is 12.6. The summed E-state index contributed by atoms with van der Waals surface area (Å²) in [6.07, 6.45) is 1.78. The number of methoxy groups -OCH3 is 1. The van der Waals surface area contributed by atoms with Crippen molar-refractivity contribution in [3.05, 3.63) is 47.8 Å². The number of rotatable bonds is 5. The van der Waals surface area contributed by atoms with Gasteiger partial charge in [0.1, 0.15) is 11.4 Å². The number of hydrogen-bond acceptors (Lipinski definition) is 3. The van der Waals surface area contributed by atoms with Gasteiger partial charge in [0.05, 0.1) is 12.8 Å². The SMILES string of the molecule is CCn1cc(N)cc1C(=O)N(C)Cc1ccccc1OC. The number of carbonyl (C=O) groups is 1. The maximum atomic E-state index is 12.6. The summed E-state index contributed by atoms with van der Waals surface area (Å²) in [6.45, 7) is 3.18. The Kier molecular flexibility index (Phi) is 4.52. The molecule has 2 rings (SSSR count). The highest BCUT2D eigenvalue weighted by Crippen LogP contribution is 2.20. The van der Waals surface area contributed by atoms with Crippen molar-refractivity contribution in [2.24, 2.45) is 0 Å². The van der Waals surface area contributed by atoms with Crippen molar-refractivity contribution in [2.75, 3.05) is 19.9 Å². The molecule has 0 atom stereocenters. The summed E-state index contributed by atoms with van der Waals surface area (Å²) in [5, 5.41) is 0. The van der Waals surface area contributed by atoms with Crippen LogP contribution in [0, 0.1) is 0 Å². The van der Waals surface area contributed by atoms with E-state index in [0.29, 0.717) is 24.5 Å². The van der Waals surface area contributed by atoms with E-state index >= 15 is 0 Å². The molecule has 0 saturated heterocycles. The van der Waals surface area contributed by atoms with E-state index in [4.69, 9.17) is 10.5 Å². The molecule has 0 saturated carbocycles. The first-order valence-electron chi connectivity index (χ1n) is 6.89. The Bertz CT molecular complexity index is 634. The highest BCUT2D eigenvalue weighted by Gasteiger charge is 2.17. The van der Waals surface area contributed by atoms with Gasteiger partial charge in [-0.1, -0.05) is 18.2 Å². The zero-order valence-electron chi connectivity index (χ0n) is 12.7. The number of amides is 1. The molecular formula is C16H21N3O2. The van der Waals surface area contributed by atoms with E-state index in [1.807, 2.05) is 35.8 Å².